The molecule has 21 heavy (non-hydrogen) atoms. The Labute approximate surface area is 123 Å². The first-order chi connectivity index (χ1) is 10.1. The summed E-state index contributed by atoms with van der Waals surface area (Å²) in [5.74, 6) is -2.33. The van der Waals surface area contributed by atoms with Crippen molar-refractivity contribution in [3.63, 3.8) is 0 Å². The molecule has 0 amide bonds. The van der Waals surface area contributed by atoms with Crippen LogP contribution in [0.25, 0.3) is 6.08 Å². The molecule has 1 aromatic rings. The molecule has 3 nitrogen and oxygen atoms in total. The molecule has 1 aromatic carbocycles. The van der Waals surface area contributed by atoms with Crippen molar-refractivity contribution in [1.82, 2.24) is 0 Å². The summed E-state index contributed by atoms with van der Waals surface area (Å²) in [7, 11) is 0. The lowest BCUT2D eigenvalue weighted by molar-refractivity contribution is 0.285. The fraction of sp³-hybridized carbons (Fsp3) is 0.375. The highest BCUT2D eigenvalue weighted by molar-refractivity contribution is 5.63. The van der Waals surface area contributed by atoms with Gasteiger partial charge in [-0.05, 0) is 30.2 Å². The van der Waals surface area contributed by atoms with Crippen LogP contribution in [0.4, 0.5) is 8.78 Å². The van der Waals surface area contributed by atoms with Crippen LogP contribution in [0.3, 0.4) is 0 Å². The Bertz CT molecular complexity index is 582. The zero-order valence-electron chi connectivity index (χ0n) is 11.8. The second-order valence-corrected chi connectivity index (χ2v) is 4.51. The van der Waals surface area contributed by atoms with Crippen LogP contribution in [0, 0.1) is 34.3 Å². The third-order valence-corrected chi connectivity index (χ3v) is 2.82. The maximum Gasteiger partial charge on any atom is 0.200 e. The molecule has 0 spiro atoms. The van der Waals surface area contributed by atoms with Gasteiger partial charge in [-0.1, -0.05) is 26.2 Å². The SMILES string of the molecule is CCCCCCOc1cc(C=C(C#N)C#N)cc(F)c1F. The van der Waals surface area contributed by atoms with E-state index in [9.17, 15) is 8.78 Å². The van der Waals surface area contributed by atoms with Gasteiger partial charge in [0.05, 0.1) is 6.61 Å². The Kier molecular flexibility index (Phi) is 6.91. The maximum absolute atomic E-state index is 13.6. The quantitative estimate of drug-likeness (QED) is 0.554. The first kappa shape index (κ1) is 16.7. The van der Waals surface area contributed by atoms with Crippen molar-refractivity contribution in [2.45, 2.75) is 32.6 Å². The zero-order chi connectivity index (χ0) is 15.7. The number of benzene rings is 1. The summed E-state index contributed by atoms with van der Waals surface area (Å²) in [5, 5.41) is 17.3. The summed E-state index contributed by atoms with van der Waals surface area (Å²) in [6.45, 7) is 2.38. The van der Waals surface area contributed by atoms with E-state index < -0.39 is 11.6 Å². The number of allylic oxidation sites excluding steroid dienone is 1. The van der Waals surface area contributed by atoms with Crippen LogP contribution in [-0.4, -0.2) is 6.61 Å². The number of unbranched alkanes of at least 4 members (excludes halogenated alkanes) is 3. The third-order valence-electron chi connectivity index (χ3n) is 2.82. The third kappa shape index (κ3) is 5.24. The van der Waals surface area contributed by atoms with Gasteiger partial charge in [-0.25, -0.2) is 4.39 Å². The van der Waals surface area contributed by atoms with Crippen molar-refractivity contribution in [2.24, 2.45) is 0 Å². The number of halogens is 2. The Hall–Kier alpha value is -2.40. The van der Waals surface area contributed by atoms with Crippen LogP contribution in [0.1, 0.15) is 38.2 Å². The highest BCUT2D eigenvalue weighted by atomic mass is 19.2. The standard InChI is InChI=1S/C16H16F2N2O/c1-2-3-4-5-6-21-15-9-12(7-13(10-19)11-20)8-14(17)16(15)18/h7-9H,2-6H2,1H3. The summed E-state index contributed by atoms with van der Waals surface area (Å²) in [4.78, 5) is 0. The van der Waals surface area contributed by atoms with Gasteiger partial charge in [0.1, 0.15) is 17.7 Å². The summed E-state index contributed by atoms with van der Waals surface area (Å²) in [5.41, 5.74) is 0.0328. The van der Waals surface area contributed by atoms with Crippen molar-refractivity contribution in [2.75, 3.05) is 6.61 Å². The fourth-order valence-electron chi connectivity index (χ4n) is 1.74. The van der Waals surface area contributed by atoms with Crippen LogP contribution in [-0.2, 0) is 0 Å². The smallest absolute Gasteiger partial charge is 0.200 e. The number of nitrogens with zero attached hydrogens (tertiary/aromatic N) is 2. The Morgan fingerprint density at radius 3 is 2.52 bits per heavy atom. The minimum atomic E-state index is -1.07. The number of nitriles is 2. The monoisotopic (exact) mass is 290 g/mol. The van der Waals surface area contributed by atoms with E-state index in [0.29, 0.717) is 6.61 Å². The van der Waals surface area contributed by atoms with Crippen molar-refractivity contribution >= 4 is 6.08 Å². The minimum Gasteiger partial charge on any atom is -0.490 e. The molecule has 1 rings (SSSR count). The van der Waals surface area contributed by atoms with Crippen molar-refractivity contribution in [1.29, 1.82) is 10.5 Å². The lowest BCUT2D eigenvalue weighted by Crippen LogP contribution is -2.01. The molecule has 0 aliphatic carbocycles. The van der Waals surface area contributed by atoms with Crippen LogP contribution >= 0.6 is 0 Å². The molecule has 0 aliphatic heterocycles. The van der Waals surface area contributed by atoms with Gasteiger partial charge in [0, 0.05) is 0 Å². The predicted octanol–water partition coefficient (Wildman–Crippen LogP) is 4.35. The molecule has 0 atom stereocenters. The van der Waals surface area contributed by atoms with E-state index in [1.165, 1.54) is 12.1 Å². The number of hydrogen-bond donors (Lipinski definition) is 0. The largest absolute Gasteiger partial charge is 0.490 e. The minimum absolute atomic E-state index is 0.185. The molecule has 0 bridgehead atoms. The highest BCUT2D eigenvalue weighted by Crippen LogP contribution is 2.24. The molecule has 0 saturated heterocycles. The van der Waals surface area contributed by atoms with Gasteiger partial charge in [0.25, 0.3) is 0 Å². The van der Waals surface area contributed by atoms with Gasteiger partial charge in [-0.3, -0.25) is 0 Å². The van der Waals surface area contributed by atoms with Crippen molar-refractivity contribution in [3.8, 4) is 17.9 Å². The molecule has 0 aromatic heterocycles. The number of hydrogen-bond acceptors (Lipinski definition) is 3. The highest BCUT2D eigenvalue weighted by Gasteiger charge is 2.11. The van der Waals surface area contributed by atoms with E-state index in [1.54, 1.807) is 12.1 Å². The van der Waals surface area contributed by atoms with Crippen molar-refractivity contribution < 1.29 is 13.5 Å². The first-order valence-corrected chi connectivity index (χ1v) is 6.76. The van der Waals surface area contributed by atoms with E-state index >= 15 is 0 Å². The molecule has 5 heteroatoms. The van der Waals surface area contributed by atoms with E-state index in [4.69, 9.17) is 15.3 Å². The topological polar surface area (TPSA) is 56.8 Å². The average molecular weight is 290 g/mol. The van der Waals surface area contributed by atoms with Gasteiger partial charge < -0.3 is 4.74 Å². The average Bonchev–Trinajstić information content (AvgIpc) is 2.49. The lowest BCUT2D eigenvalue weighted by atomic mass is 10.1. The molecule has 0 unspecified atom stereocenters. The van der Waals surface area contributed by atoms with Crippen LogP contribution < -0.4 is 4.74 Å². The van der Waals surface area contributed by atoms with E-state index in [-0.39, 0.29) is 16.9 Å². The van der Waals surface area contributed by atoms with E-state index in [1.807, 2.05) is 0 Å². The summed E-state index contributed by atoms with van der Waals surface area (Å²) in [6.07, 6.45) is 5.06. The van der Waals surface area contributed by atoms with E-state index in [0.717, 1.165) is 31.7 Å². The van der Waals surface area contributed by atoms with Crippen molar-refractivity contribution in [3.05, 3.63) is 34.9 Å². The Morgan fingerprint density at radius 2 is 1.90 bits per heavy atom. The van der Waals surface area contributed by atoms with E-state index in [2.05, 4.69) is 6.92 Å². The molecule has 110 valence electrons. The Morgan fingerprint density at radius 1 is 1.19 bits per heavy atom. The molecule has 0 saturated carbocycles. The van der Waals surface area contributed by atoms with Gasteiger partial charge in [-0.2, -0.15) is 14.9 Å². The lowest BCUT2D eigenvalue weighted by Gasteiger charge is -2.08. The second-order valence-electron chi connectivity index (χ2n) is 4.51. The van der Waals surface area contributed by atoms with Crippen LogP contribution in [0.5, 0.6) is 5.75 Å². The summed E-state index contributed by atoms with van der Waals surface area (Å²) >= 11 is 0. The Balaban J connectivity index is 2.85. The number of rotatable bonds is 7. The fourth-order valence-corrected chi connectivity index (χ4v) is 1.74. The number of ether oxygens (including phenoxy) is 1. The predicted molar refractivity (Wildman–Crippen MR) is 75.2 cm³/mol. The molecule has 0 fully saturated rings. The molecule has 0 N–H and O–H groups in total. The molecule has 0 aliphatic rings. The molecule has 0 radical (unpaired) electrons. The van der Waals surface area contributed by atoms with Gasteiger partial charge in [0.2, 0.25) is 5.82 Å². The normalized spacial score (nSPS) is 9.57. The maximum atomic E-state index is 13.6. The van der Waals surface area contributed by atoms with Crippen LogP contribution in [0.15, 0.2) is 17.7 Å². The molecular formula is C16H16F2N2O. The first-order valence-electron chi connectivity index (χ1n) is 6.76. The summed E-state index contributed by atoms with van der Waals surface area (Å²) in [6, 6.07) is 5.54. The second kappa shape index (κ2) is 8.71. The van der Waals surface area contributed by atoms with Gasteiger partial charge in [-0.15, -0.1) is 0 Å². The van der Waals surface area contributed by atoms with Crippen LogP contribution in [0.2, 0.25) is 0 Å². The summed E-state index contributed by atoms with van der Waals surface area (Å²) < 4.78 is 32.3. The van der Waals surface area contributed by atoms with Gasteiger partial charge in [0.15, 0.2) is 11.6 Å². The molecule has 0 heterocycles. The molecular weight excluding hydrogens is 274 g/mol. The zero-order valence-corrected chi connectivity index (χ0v) is 11.8. The van der Waals surface area contributed by atoms with Gasteiger partial charge >= 0.3 is 0 Å².